The van der Waals surface area contributed by atoms with Crippen LogP contribution in [0.5, 0.6) is 0 Å². The molecule has 2 N–H and O–H groups in total. The van der Waals surface area contributed by atoms with Crippen LogP contribution >= 0.6 is 0 Å². The molecule has 1 fully saturated rings. The first-order valence-electron chi connectivity index (χ1n) is 5.47. The summed E-state index contributed by atoms with van der Waals surface area (Å²) >= 11 is 0. The Morgan fingerprint density at radius 3 is 2.61 bits per heavy atom. The van der Waals surface area contributed by atoms with Gasteiger partial charge in [-0.05, 0) is 25.3 Å². The molecular weight excluding hydrogens is 243 g/mol. The van der Waals surface area contributed by atoms with E-state index in [-0.39, 0.29) is 11.7 Å². The van der Waals surface area contributed by atoms with Crippen LogP contribution in [0.15, 0.2) is 12.1 Å². The van der Waals surface area contributed by atoms with E-state index < -0.39 is 28.0 Å². The lowest BCUT2D eigenvalue weighted by molar-refractivity contribution is -0.385. The van der Waals surface area contributed by atoms with Crippen LogP contribution in [0.1, 0.15) is 29.6 Å². The molecule has 0 radical (unpaired) electrons. The molecule has 1 aromatic carbocycles. The topological polar surface area (TPSA) is 92.5 Å². The number of nitrogens with zero attached hydrogens (tertiary/aromatic N) is 1. The van der Waals surface area contributed by atoms with Crippen molar-refractivity contribution in [3.05, 3.63) is 33.6 Å². The predicted octanol–water partition coefficient (Wildman–Crippen LogP) is 2.40. The van der Waals surface area contributed by atoms with Gasteiger partial charge in [-0.3, -0.25) is 10.1 Å². The van der Waals surface area contributed by atoms with E-state index in [1.54, 1.807) is 0 Å². The van der Waals surface area contributed by atoms with E-state index in [1.807, 2.05) is 0 Å². The van der Waals surface area contributed by atoms with Gasteiger partial charge < -0.3 is 10.4 Å². The second-order valence-corrected chi connectivity index (χ2v) is 4.18. The number of carboxylic acid groups (broad SMARTS) is 1. The molecule has 1 aromatic rings. The Balaban J connectivity index is 2.38. The van der Waals surface area contributed by atoms with Crippen molar-refractivity contribution in [2.24, 2.45) is 0 Å². The number of carbonyl (C=O) groups is 1. The van der Waals surface area contributed by atoms with Gasteiger partial charge >= 0.3 is 5.97 Å². The number of aromatic carboxylic acids is 1. The van der Waals surface area contributed by atoms with Gasteiger partial charge in [0.25, 0.3) is 5.69 Å². The van der Waals surface area contributed by atoms with Crippen molar-refractivity contribution in [2.75, 3.05) is 5.32 Å². The van der Waals surface area contributed by atoms with Crippen molar-refractivity contribution in [3.63, 3.8) is 0 Å². The summed E-state index contributed by atoms with van der Waals surface area (Å²) < 4.78 is 13.6. The van der Waals surface area contributed by atoms with Crippen LogP contribution in [-0.2, 0) is 0 Å². The van der Waals surface area contributed by atoms with Gasteiger partial charge in [0.1, 0.15) is 5.56 Å². The number of anilines is 1. The zero-order chi connectivity index (χ0) is 13.3. The number of rotatable bonds is 4. The maximum absolute atomic E-state index is 13.6. The smallest absolute Gasteiger partial charge is 0.342 e. The molecule has 2 rings (SSSR count). The maximum Gasteiger partial charge on any atom is 0.342 e. The molecule has 0 heterocycles. The Hall–Kier alpha value is -2.18. The van der Waals surface area contributed by atoms with Gasteiger partial charge in [0.15, 0.2) is 5.82 Å². The fourth-order valence-electron chi connectivity index (χ4n) is 1.77. The molecule has 0 unspecified atom stereocenters. The summed E-state index contributed by atoms with van der Waals surface area (Å²) in [5, 5.41) is 22.4. The Kier molecular flexibility index (Phi) is 3.14. The normalized spacial score (nSPS) is 14.9. The summed E-state index contributed by atoms with van der Waals surface area (Å²) in [5.41, 5.74) is -1.25. The van der Waals surface area contributed by atoms with E-state index in [0.29, 0.717) is 6.07 Å². The average molecular weight is 254 g/mol. The first-order valence-corrected chi connectivity index (χ1v) is 5.47. The molecule has 0 bridgehead atoms. The molecule has 96 valence electrons. The largest absolute Gasteiger partial charge is 0.477 e. The molecule has 1 aliphatic rings. The summed E-state index contributed by atoms with van der Waals surface area (Å²) in [7, 11) is 0. The van der Waals surface area contributed by atoms with Gasteiger partial charge in [-0.1, -0.05) is 0 Å². The molecule has 1 saturated carbocycles. The molecule has 0 amide bonds. The fourth-order valence-corrected chi connectivity index (χ4v) is 1.77. The third kappa shape index (κ3) is 2.24. The van der Waals surface area contributed by atoms with Crippen molar-refractivity contribution in [3.8, 4) is 0 Å². The van der Waals surface area contributed by atoms with E-state index in [1.165, 1.54) is 0 Å². The van der Waals surface area contributed by atoms with E-state index >= 15 is 0 Å². The third-order valence-electron chi connectivity index (χ3n) is 2.98. The van der Waals surface area contributed by atoms with Crippen LogP contribution in [0.2, 0.25) is 0 Å². The van der Waals surface area contributed by atoms with E-state index in [9.17, 15) is 19.3 Å². The lowest BCUT2D eigenvalue weighted by Crippen LogP contribution is -2.27. The molecule has 0 saturated heterocycles. The van der Waals surface area contributed by atoms with Crippen LogP contribution in [0.4, 0.5) is 15.8 Å². The molecule has 0 aromatic heterocycles. The second kappa shape index (κ2) is 4.59. The van der Waals surface area contributed by atoms with Crippen molar-refractivity contribution >= 4 is 17.3 Å². The Morgan fingerprint density at radius 1 is 1.50 bits per heavy atom. The minimum Gasteiger partial charge on any atom is -0.477 e. The van der Waals surface area contributed by atoms with Gasteiger partial charge in [0.2, 0.25) is 0 Å². The maximum atomic E-state index is 13.6. The molecule has 0 aliphatic heterocycles. The van der Waals surface area contributed by atoms with Gasteiger partial charge in [-0.25, -0.2) is 9.18 Å². The Morgan fingerprint density at radius 2 is 2.17 bits per heavy atom. The summed E-state index contributed by atoms with van der Waals surface area (Å²) in [6.07, 6.45) is 2.82. The zero-order valence-corrected chi connectivity index (χ0v) is 9.35. The van der Waals surface area contributed by atoms with E-state index in [4.69, 9.17) is 5.11 Å². The summed E-state index contributed by atoms with van der Waals surface area (Å²) in [6.45, 7) is 0. The summed E-state index contributed by atoms with van der Waals surface area (Å²) in [6, 6.07) is 1.74. The first-order chi connectivity index (χ1) is 8.49. The van der Waals surface area contributed by atoms with Gasteiger partial charge in [-0.2, -0.15) is 0 Å². The Bertz CT molecular complexity index is 514. The van der Waals surface area contributed by atoms with Crippen LogP contribution in [0.3, 0.4) is 0 Å². The molecular formula is C11H11FN2O4. The van der Waals surface area contributed by atoms with Crippen molar-refractivity contribution < 1.29 is 19.2 Å². The average Bonchev–Trinajstić information content (AvgIpc) is 2.23. The van der Waals surface area contributed by atoms with E-state index in [2.05, 4.69) is 5.32 Å². The van der Waals surface area contributed by atoms with Crippen LogP contribution in [-0.4, -0.2) is 22.0 Å². The zero-order valence-electron chi connectivity index (χ0n) is 9.35. The number of carboxylic acids is 1. The standard InChI is InChI=1S/C11H11FN2O4/c12-8-5-10(14(17)18)7(11(15)16)4-9(8)13-6-2-1-3-6/h4-6,13H,1-3H2,(H,15,16). The van der Waals surface area contributed by atoms with Crippen LogP contribution in [0.25, 0.3) is 0 Å². The number of hydrogen-bond donors (Lipinski definition) is 2. The third-order valence-corrected chi connectivity index (χ3v) is 2.98. The minimum atomic E-state index is -1.45. The second-order valence-electron chi connectivity index (χ2n) is 4.18. The molecule has 1 aliphatic carbocycles. The lowest BCUT2D eigenvalue weighted by Gasteiger charge is -2.27. The number of hydrogen-bond acceptors (Lipinski definition) is 4. The van der Waals surface area contributed by atoms with Crippen molar-refractivity contribution in [2.45, 2.75) is 25.3 Å². The highest BCUT2D eigenvalue weighted by Crippen LogP contribution is 2.29. The number of nitrogens with one attached hydrogen (secondary N) is 1. The predicted molar refractivity (Wildman–Crippen MR) is 61.3 cm³/mol. The highest BCUT2D eigenvalue weighted by Gasteiger charge is 2.25. The molecule has 7 heteroatoms. The Labute approximate surface area is 102 Å². The number of nitro groups is 1. The SMILES string of the molecule is O=C(O)c1cc(NC2CCC2)c(F)cc1[N+](=O)[O-]. The molecule has 0 spiro atoms. The lowest BCUT2D eigenvalue weighted by atomic mass is 9.93. The number of halogens is 1. The van der Waals surface area contributed by atoms with E-state index in [0.717, 1.165) is 25.3 Å². The monoisotopic (exact) mass is 254 g/mol. The van der Waals surface area contributed by atoms with Gasteiger partial charge in [0, 0.05) is 6.04 Å². The summed E-state index contributed by atoms with van der Waals surface area (Å²) in [5.74, 6) is -2.25. The van der Waals surface area contributed by atoms with Gasteiger partial charge in [-0.15, -0.1) is 0 Å². The van der Waals surface area contributed by atoms with Crippen LogP contribution in [0, 0.1) is 15.9 Å². The highest BCUT2D eigenvalue weighted by molar-refractivity contribution is 5.93. The molecule has 18 heavy (non-hydrogen) atoms. The van der Waals surface area contributed by atoms with Gasteiger partial charge in [0.05, 0.1) is 16.7 Å². The van der Waals surface area contributed by atoms with Crippen molar-refractivity contribution in [1.82, 2.24) is 0 Å². The fraction of sp³-hybridized carbons (Fsp3) is 0.364. The quantitative estimate of drug-likeness (QED) is 0.635. The minimum absolute atomic E-state index is 0.00250. The number of benzene rings is 1. The highest BCUT2D eigenvalue weighted by atomic mass is 19.1. The summed E-state index contributed by atoms with van der Waals surface area (Å²) in [4.78, 5) is 20.6. The number of nitro benzene ring substituents is 1. The first kappa shape index (κ1) is 12.3. The molecule has 6 nitrogen and oxygen atoms in total. The van der Waals surface area contributed by atoms with Crippen molar-refractivity contribution in [1.29, 1.82) is 0 Å². The van der Waals surface area contributed by atoms with Crippen LogP contribution < -0.4 is 5.32 Å². The molecule has 0 atom stereocenters.